The Morgan fingerprint density at radius 1 is 1.06 bits per heavy atom. The first-order valence-electron chi connectivity index (χ1n) is 6.15. The predicted octanol–water partition coefficient (Wildman–Crippen LogP) is 1.96. The van der Waals surface area contributed by atoms with E-state index < -0.39 is 0 Å². The molecule has 0 unspecified atom stereocenters. The summed E-state index contributed by atoms with van der Waals surface area (Å²) in [5.74, 6) is 0.731. The standard InChI is InChI=1S/C12H20IN3O2/c1-3-17-7-5-16(6-8-18-4-2)12-14-9-11(13)10-15-12/h9-10H,3-8H2,1-2H3. The number of anilines is 1. The Bertz CT molecular complexity index is 312. The van der Waals surface area contributed by atoms with Crippen LogP contribution in [0.4, 0.5) is 5.95 Å². The smallest absolute Gasteiger partial charge is 0.225 e. The molecule has 0 saturated heterocycles. The van der Waals surface area contributed by atoms with Crippen molar-refractivity contribution < 1.29 is 9.47 Å². The molecule has 18 heavy (non-hydrogen) atoms. The van der Waals surface area contributed by atoms with E-state index in [4.69, 9.17) is 9.47 Å². The minimum absolute atomic E-state index is 0.679. The summed E-state index contributed by atoms with van der Waals surface area (Å²) in [6.45, 7) is 8.36. The van der Waals surface area contributed by atoms with E-state index in [1.54, 1.807) is 0 Å². The van der Waals surface area contributed by atoms with Gasteiger partial charge in [-0.05, 0) is 36.4 Å². The minimum atomic E-state index is 0.679. The van der Waals surface area contributed by atoms with Crippen molar-refractivity contribution in [3.63, 3.8) is 0 Å². The molecule has 0 fully saturated rings. The topological polar surface area (TPSA) is 47.5 Å². The molecule has 1 rings (SSSR count). The summed E-state index contributed by atoms with van der Waals surface area (Å²) in [5.41, 5.74) is 0. The van der Waals surface area contributed by atoms with E-state index >= 15 is 0 Å². The van der Waals surface area contributed by atoms with Crippen LogP contribution >= 0.6 is 22.6 Å². The summed E-state index contributed by atoms with van der Waals surface area (Å²) in [6, 6.07) is 0. The maximum atomic E-state index is 5.38. The number of ether oxygens (including phenoxy) is 2. The highest BCUT2D eigenvalue weighted by Crippen LogP contribution is 2.08. The molecule has 1 heterocycles. The van der Waals surface area contributed by atoms with Crippen LogP contribution in [0.3, 0.4) is 0 Å². The normalized spacial score (nSPS) is 10.6. The first-order chi connectivity index (χ1) is 8.77. The largest absolute Gasteiger partial charge is 0.380 e. The van der Waals surface area contributed by atoms with Crippen molar-refractivity contribution >= 4 is 28.5 Å². The molecular weight excluding hydrogens is 345 g/mol. The van der Waals surface area contributed by atoms with Gasteiger partial charge in [0.25, 0.3) is 0 Å². The van der Waals surface area contributed by atoms with Crippen LogP contribution in [0.2, 0.25) is 0 Å². The third-order valence-corrected chi connectivity index (χ3v) is 2.87. The van der Waals surface area contributed by atoms with E-state index in [0.717, 1.165) is 35.8 Å². The maximum Gasteiger partial charge on any atom is 0.225 e. The van der Waals surface area contributed by atoms with Crippen molar-refractivity contribution in [3.8, 4) is 0 Å². The van der Waals surface area contributed by atoms with Gasteiger partial charge in [-0.1, -0.05) is 0 Å². The van der Waals surface area contributed by atoms with Gasteiger partial charge >= 0.3 is 0 Å². The third-order valence-electron chi connectivity index (χ3n) is 2.31. The highest BCUT2D eigenvalue weighted by Gasteiger charge is 2.09. The second-order valence-electron chi connectivity index (χ2n) is 3.58. The van der Waals surface area contributed by atoms with Gasteiger partial charge < -0.3 is 14.4 Å². The van der Waals surface area contributed by atoms with Crippen molar-refractivity contribution in [1.29, 1.82) is 0 Å². The Labute approximate surface area is 122 Å². The Morgan fingerprint density at radius 3 is 2.00 bits per heavy atom. The molecule has 0 saturated carbocycles. The minimum Gasteiger partial charge on any atom is -0.380 e. The van der Waals surface area contributed by atoms with Crippen LogP contribution in [-0.4, -0.2) is 49.5 Å². The first kappa shape index (κ1) is 15.6. The number of halogens is 1. The van der Waals surface area contributed by atoms with Crippen molar-refractivity contribution in [1.82, 2.24) is 9.97 Å². The lowest BCUT2D eigenvalue weighted by atomic mass is 10.5. The molecular formula is C12H20IN3O2. The fourth-order valence-electron chi connectivity index (χ4n) is 1.42. The zero-order chi connectivity index (χ0) is 13.2. The fourth-order valence-corrected chi connectivity index (χ4v) is 1.70. The first-order valence-corrected chi connectivity index (χ1v) is 7.23. The van der Waals surface area contributed by atoms with Crippen LogP contribution in [-0.2, 0) is 9.47 Å². The van der Waals surface area contributed by atoms with Gasteiger partial charge in [-0.2, -0.15) is 0 Å². The van der Waals surface area contributed by atoms with Crippen molar-refractivity contribution in [2.45, 2.75) is 13.8 Å². The summed E-state index contributed by atoms with van der Waals surface area (Å²) < 4.78 is 11.8. The molecule has 0 N–H and O–H groups in total. The molecule has 1 aromatic rings. The molecule has 0 aliphatic carbocycles. The summed E-state index contributed by atoms with van der Waals surface area (Å²) >= 11 is 2.20. The molecule has 102 valence electrons. The SMILES string of the molecule is CCOCCN(CCOCC)c1ncc(I)cn1. The lowest BCUT2D eigenvalue weighted by Crippen LogP contribution is -2.32. The number of hydrogen-bond donors (Lipinski definition) is 0. The maximum absolute atomic E-state index is 5.38. The van der Waals surface area contributed by atoms with Crippen LogP contribution in [0, 0.1) is 3.57 Å². The molecule has 0 atom stereocenters. The highest BCUT2D eigenvalue weighted by atomic mass is 127. The molecule has 0 aliphatic heterocycles. The monoisotopic (exact) mass is 365 g/mol. The van der Waals surface area contributed by atoms with Gasteiger partial charge in [0, 0.05) is 42.3 Å². The van der Waals surface area contributed by atoms with E-state index in [1.807, 2.05) is 26.2 Å². The van der Waals surface area contributed by atoms with E-state index in [9.17, 15) is 0 Å². The van der Waals surface area contributed by atoms with Gasteiger partial charge in [0.05, 0.1) is 13.2 Å². The van der Waals surface area contributed by atoms with Gasteiger partial charge in [-0.3, -0.25) is 0 Å². The van der Waals surface area contributed by atoms with Gasteiger partial charge in [-0.25, -0.2) is 9.97 Å². The van der Waals surface area contributed by atoms with Crippen LogP contribution in [0.15, 0.2) is 12.4 Å². The Morgan fingerprint density at radius 2 is 1.56 bits per heavy atom. The molecule has 0 amide bonds. The molecule has 0 aromatic carbocycles. The van der Waals surface area contributed by atoms with Crippen molar-refractivity contribution in [2.75, 3.05) is 44.4 Å². The molecule has 0 radical (unpaired) electrons. The van der Waals surface area contributed by atoms with Crippen LogP contribution < -0.4 is 4.90 Å². The lowest BCUT2D eigenvalue weighted by molar-refractivity contribution is 0.141. The van der Waals surface area contributed by atoms with Crippen LogP contribution in [0.1, 0.15) is 13.8 Å². The number of nitrogens with zero attached hydrogens (tertiary/aromatic N) is 3. The molecule has 0 bridgehead atoms. The number of hydrogen-bond acceptors (Lipinski definition) is 5. The molecule has 6 heteroatoms. The van der Waals surface area contributed by atoms with Gasteiger partial charge in [-0.15, -0.1) is 0 Å². The summed E-state index contributed by atoms with van der Waals surface area (Å²) in [4.78, 5) is 10.7. The second-order valence-corrected chi connectivity index (χ2v) is 4.83. The van der Waals surface area contributed by atoms with Crippen LogP contribution in [0.5, 0.6) is 0 Å². The number of aromatic nitrogens is 2. The average molecular weight is 365 g/mol. The summed E-state index contributed by atoms with van der Waals surface area (Å²) in [6.07, 6.45) is 3.63. The average Bonchev–Trinajstić information content (AvgIpc) is 2.38. The van der Waals surface area contributed by atoms with Crippen LogP contribution in [0.25, 0.3) is 0 Å². The molecule has 5 nitrogen and oxygen atoms in total. The molecule has 0 aliphatic rings. The van der Waals surface area contributed by atoms with Crippen molar-refractivity contribution in [2.24, 2.45) is 0 Å². The Hall–Kier alpha value is -0.470. The molecule has 1 aromatic heterocycles. The summed E-state index contributed by atoms with van der Waals surface area (Å²) in [5, 5.41) is 0. The number of rotatable bonds is 9. The zero-order valence-corrected chi connectivity index (χ0v) is 13.1. The third kappa shape index (κ3) is 5.92. The Balaban J connectivity index is 2.54. The summed E-state index contributed by atoms with van der Waals surface area (Å²) in [7, 11) is 0. The van der Waals surface area contributed by atoms with Gasteiger partial charge in [0.15, 0.2) is 0 Å². The predicted molar refractivity (Wildman–Crippen MR) is 79.9 cm³/mol. The van der Waals surface area contributed by atoms with Gasteiger partial charge in [0.1, 0.15) is 0 Å². The van der Waals surface area contributed by atoms with Crippen molar-refractivity contribution in [3.05, 3.63) is 16.0 Å². The van der Waals surface area contributed by atoms with E-state index in [1.165, 1.54) is 0 Å². The second kappa shape index (κ2) is 9.46. The van der Waals surface area contributed by atoms with Gasteiger partial charge in [0.2, 0.25) is 5.95 Å². The quantitative estimate of drug-likeness (QED) is 0.495. The lowest BCUT2D eigenvalue weighted by Gasteiger charge is -2.22. The Kier molecular flexibility index (Phi) is 8.19. The van der Waals surface area contributed by atoms with E-state index in [-0.39, 0.29) is 0 Å². The zero-order valence-electron chi connectivity index (χ0n) is 10.9. The highest BCUT2D eigenvalue weighted by molar-refractivity contribution is 14.1. The van der Waals surface area contributed by atoms with E-state index in [0.29, 0.717) is 13.2 Å². The van der Waals surface area contributed by atoms with E-state index in [2.05, 4.69) is 37.5 Å². The fraction of sp³-hybridized carbons (Fsp3) is 0.667. The molecule has 0 spiro atoms.